The Bertz CT molecular complexity index is 1390. The van der Waals surface area contributed by atoms with Crippen LogP contribution >= 0.6 is 0 Å². The smallest absolute Gasteiger partial charge is 0.230 e. The highest BCUT2D eigenvalue weighted by atomic mass is 16.5. The van der Waals surface area contributed by atoms with Crippen molar-refractivity contribution in [1.29, 1.82) is 0 Å². The van der Waals surface area contributed by atoms with Crippen molar-refractivity contribution in [2.45, 2.75) is 12.8 Å². The van der Waals surface area contributed by atoms with Crippen LogP contribution in [-0.2, 0) is 0 Å². The first kappa shape index (κ1) is 24.3. The lowest BCUT2D eigenvalue weighted by Crippen LogP contribution is -2.20. The summed E-state index contributed by atoms with van der Waals surface area (Å²) in [5.74, 6) is 4.77. The summed E-state index contributed by atoms with van der Waals surface area (Å²) in [5.41, 5.74) is 1.55. The quantitative estimate of drug-likeness (QED) is 0.355. The first-order valence-corrected chi connectivity index (χ1v) is 11.9. The average Bonchev–Trinajstić information content (AvgIpc) is 3.63. The molecule has 37 heavy (non-hydrogen) atoms. The van der Waals surface area contributed by atoms with E-state index in [1.165, 1.54) is 0 Å². The summed E-state index contributed by atoms with van der Waals surface area (Å²) in [6.07, 6.45) is 5.79. The van der Waals surface area contributed by atoms with E-state index in [4.69, 9.17) is 33.7 Å². The molecule has 0 bridgehead atoms. The van der Waals surface area contributed by atoms with Crippen LogP contribution in [0.25, 0.3) is 16.6 Å². The van der Waals surface area contributed by atoms with Crippen LogP contribution in [0.2, 0.25) is 0 Å². The van der Waals surface area contributed by atoms with Crippen LogP contribution in [0.15, 0.2) is 36.8 Å². The third-order valence-electron chi connectivity index (χ3n) is 6.36. The van der Waals surface area contributed by atoms with Crippen LogP contribution in [-0.4, -0.2) is 68.2 Å². The lowest BCUT2D eigenvalue weighted by Gasteiger charge is -2.20. The number of methoxy groups -OCH3 is 5. The van der Waals surface area contributed by atoms with Gasteiger partial charge in [0.25, 0.3) is 0 Å². The number of nitrogens with one attached hydrogen (secondary N) is 1. The maximum atomic E-state index is 5.53. The van der Waals surface area contributed by atoms with Crippen molar-refractivity contribution < 1.29 is 23.7 Å². The summed E-state index contributed by atoms with van der Waals surface area (Å²) in [4.78, 5) is 16.4. The van der Waals surface area contributed by atoms with Crippen molar-refractivity contribution in [1.82, 2.24) is 19.5 Å². The second-order valence-electron chi connectivity index (χ2n) is 8.46. The van der Waals surface area contributed by atoms with Gasteiger partial charge in [0.1, 0.15) is 12.1 Å². The molecular formula is C26H30N6O5. The van der Waals surface area contributed by atoms with E-state index in [2.05, 4.69) is 15.2 Å². The number of hydrogen-bond donors (Lipinski definition) is 1. The van der Waals surface area contributed by atoms with Gasteiger partial charge in [0.15, 0.2) is 28.8 Å². The highest BCUT2D eigenvalue weighted by molar-refractivity contribution is 5.93. The molecule has 0 unspecified atom stereocenters. The number of ether oxygens (including phenoxy) is 5. The zero-order chi connectivity index (χ0) is 25.9. The highest BCUT2D eigenvalue weighted by Crippen LogP contribution is 2.40. The van der Waals surface area contributed by atoms with Gasteiger partial charge in [-0.15, -0.1) is 0 Å². The molecule has 1 aliphatic heterocycles. The Kier molecular flexibility index (Phi) is 6.76. The molecule has 1 N–H and O–H groups in total. The maximum Gasteiger partial charge on any atom is 0.230 e. The van der Waals surface area contributed by atoms with Crippen molar-refractivity contribution in [3.05, 3.63) is 36.8 Å². The van der Waals surface area contributed by atoms with Crippen molar-refractivity contribution in [2.24, 2.45) is 0 Å². The molecule has 1 saturated heterocycles. The van der Waals surface area contributed by atoms with Crippen molar-refractivity contribution in [2.75, 3.05) is 58.9 Å². The Morgan fingerprint density at radius 2 is 1.41 bits per heavy atom. The lowest BCUT2D eigenvalue weighted by atomic mass is 10.2. The Morgan fingerprint density at radius 3 is 2.03 bits per heavy atom. The predicted octanol–water partition coefficient (Wildman–Crippen LogP) is 4.20. The molecule has 4 aromatic rings. The van der Waals surface area contributed by atoms with Crippen LogP contribution in [0.3, 0.4) is 0 Å². The van der Waals surface area contributed by atoms with E-state index in [0.717, 1.165) is 48.3 Å². The van der Waals surface area contributed by atoms with Gasteiger partial charge in [-0.05, 0) is 18.9 Å². The third-order valence-corrected chi connectivity index (χ3v) is 6.36. The van der Waals surface area contributed by atoms with Gasteiger partial charge >= 0.3 is 0 Å². The van der Waals surface area contributed by atoms with Crippen LogP contribution in [0.4, 0.5) is 17.6 Å². The highest BCUT2D eigenvalue weighted by Gasteiger charge is 2.21. The molecule has 5 rings (SSSR count). The maximum absolute atomic E-state index is 5.53. The van der Waals surface area contributed by atoms with E-state index < -0.39 is 0 Å². The minimum absolute atomic E-state index is 0.441. The molecule has 194 valence electrons. The molecular weight excluding hydrogens is 476 g/mol. The molecule has 0 aliphatic carbocycles. The molecule has 11 heteroatoms. The number of nitrogens with zero attached hydrogens (tertiary/aromatic N) is 5. The number of aromatic nitrogens is 4. The Balaban J connectivity index is 1.52. The Morgan fingerprint density at radius 1 is 0.757 bits per heavy atom. The van der Waals surface area contributed by atoms with Gasteiger partial charge in [-0.2, -0.15) is 4.98 Å². The largest absolute Gasteiger partial charge is 0.493 e. The minimum Gasteiger partial charge on any atom is -0.493 e. The molecule has 3 heterocycles. The predicted molar refractivity (Wildman–Crippen MR) is 141 cm³/mol. The van der Waals surface area contributed by atoms with E-state index in [9.17, 15) is 0 Å². The summed E-state index contributed by atoms with van der Waals surface area (Å²) in [5, 5.41) is 4.17. The van der Waals surface area contributed by atoms with Gasteiger partial charge in [0.05, 0.1) is 52.9 Å². The molecule has 0 spiro atoms. The number of rotatable bonds is 9. The van der Waals surface area contributed by atoms with Gasteiger partial charge in [-0.25, -0.2) is 9.97 Å². The molecule has 11 nitrogen and oxygen atoms in total. The van der Waals surface area contributed by atoms with Crippen LogP contribution in [0, 0.1) is 0 Å². The topological polar surface area (TPSA) is 105 Å². The van der Waals surface area contributed by atoms with Gasteiger partial charge < -0.3 is 38.5 Å². The molecule has 1 fully saturated rings. The molecule has 2 aromatic carbocycles. The second kappa shape index (κ2) is 10.3. The fourth-order valence-corrected chi connectivity index (χ4v) is 4.52. The Labute approximate surface area is 214 Å². The fraction of sp³-hybridized carbons (Fsp3) is 0.346. The van der Waals surface area contributed by atoms with E-state index >= 15 is 0 Å². The van der Waals surface area contributed by atoms with Crippen molar-refractivity contribution in [3.8, 4) is 34.4 Å². The number of imidazole rings is 1. The molecule has 0 radical (unpaired) electrons. The summed E-state index contributed by atoms with van der Waals surface area (Å²) in [7, 11) is 7.98. The molecule has 0 amide bonds. The molecule has 2 aromatic heterocycles. The number of fused-ring (bicyclic) bond motifs is 1. The standard InChI is InChI=1S/C26H30N6O5/c1-33-19-12-17-18(13-20(19)34-2)28-26(30-25(17)31-8-6-7-9-31)29-23-14-32(15-27-23)16-10-21(35-3)24(37-5)22(11-16)36-4/h10-15H,6-9H2,1-5H3,(H,28,29,30). The minimum atomic E-state index is 0.441. The molecule has 0 atom stereocenters. The normalized spacial score (nSPS) is 13.1. The van der Waals surface area contributed by atoms with E-state index in [1.54, 1.807) is 41.9 Å². The Hall–Kier alpha value is -4.41. The van der Waals surface area contributed by atoms with E-state index in [-0.39, 0.29) is 0 Å². The van der Waals surface area contributed by atoms with E-state index in [0.29, 0.717) is 40.5 Å². The fourth-order valence-electron chi connectivity index (χ4n) is 4.52. The summed E-state index contributed by atoms with van der Waals surface area (Å²) >= 11 is 0. The van der Waals surface area contributed by atoms with E-state index in [1.807, 2.05) is 35.0 Å². The van der Waals surface area contributed by atoms with Crippen LogP contribution in [0.5, 0.6) is 28.7 Å². The lowest BCUT2D eigenvalue weighted by molar-refractivity contribution is 0.324. The zero-order valence-corrected chi connectivity index (χ0v) is 21.6. The summed E-state index contributed by atoms with van der Waals surface area (Å²) in [6, 6.07) is 7.51. The monoisotopic (exact) mass is 506 g/mol. The first-order chi connectivity index (χ1) is 18.1. The SMILES string of the molecule is COc1cc2nc(Nc3cn(-c4cc(OC)c(OC)c(OC)c4)cn3)nc(N3CCCC3)c2cc1OC. The van der Waals surface area contributed by atoms with Crippen molar-refractivity contribution >= 4 is 28.5 Å². The van der Waals surface area contributed by atoms with Crippen molar-refractivity contribution in [3.63, 3.8) is 0 Å². The van der Waals surface area contributed by atoms with Gasteiger partial charge in [-0.1, -0.05) is 0 Å². The van der Waals surface area contributed by atoms with Crippen LogP contribution in [0.1, 0.15) is 12.8 Å². The number of hydrogen-bond acceptors (Lipinski definition) is 10. The van der Waals surface area contributed by atoms with Gasteiger partial charge in [0, 0.05) is 36.7 Å². The number of anilines is 3. The second-order valence-corrected chi connectivity index (χ2v) is 8.46. The first-order valence-electron chi connectivity index (χ1n) is 11.9. The summed E-state index contributed by atoms with van der Waals surface area (Å²) < 4.78 is 29.3. The molecule has 1 aliphatic rings. The third kappa shape index (κ3) is 4.59. The summed E-state index contributed by atoms with van der Waals surface area (Å²) in [6.45, 7) is 1.88. The number of benzene rings is 2. The average molecular weight is 507 g/mol. The zero-order valence-electron chi connectivity index (χ0n) is 21.6. The van der Waals surface area contributed by atoms with Gasteiger partial charge in [0.2, 0.25) is 11.7 Å². The molecule has 0 saturated carbocycles. The van der Waals surface area contributed by atoms with Crippen LogP contribution < -0.4 is 33.9 Å². The van der Waals surface area contributed by atoms with Gasteiger partial charge in [-0.3, -0.25) is 0 Å².